The molecule has 2 heterocycles. The lowest BCUT2D eigenvalue weighted by molar-refractivity contribution is 0.0974. The second kappa shape index (κ2) is 2.57. The molecule has 0 saturated carbocycles. The number of nitrogens with zero attached hydrogens (tertiary/aromatic N) is 4. The number of hydrogen-bond acceptors (Lipinski definition) is 5. The normalized spacial score (nSPS) is 15.9. The number of carbonyl (C=O) groups excluding carboxylic acids is 1. The molecule has 1 N–H and O–H groups in total. The molecule has 0 fully saturated rings. The number of Topliss-reactive ketones (excluding diaryl/α,β-unsaturated/α-hetero) is 1. The van der Waals surface area contributed by atoms with E-state index < -0.39 is 0 Å². The van der Waals surface area contributed by atoms with Gasteiger partial charge < -0.3 is 4.98 Å². The van der Waals surface area contributed by atoms with E-state index in [2.05, 4.69) is 25.6 Å². The van der Waals surface area contributed by atoms with Gasteiger partial charge >= 0.3 is 0 Å². The van der Waals surface area contributed by atoms with Crippen LogP contribution in [-0.2, 0) is 6.42 Å². The number of hydrogen-bond donors (Lipinski definition) is 1. The summed E-state index contributed by atoms with van der Waals surface area (Å²) in [4.78, 5) is 14.7. The van der Waals surface area contributed by atoms with Gasteiger partial charge in [-0.15, -0.1) is 10.2 Å². The number of H-pyrrole nitrogens is 1. The number of rotatable bonds is 0. The lowest BCUT2D eigenvalue weighted by atomic mass is 9.96. The van der Waals surface area contributed by atoms with Gasteiger partial charge in [0.05, 0.1) is 5.56 Å². The van der Waals surface area contributed by atoms with E-state index >= 15 is 0 Å². The molecule has 2 aromatic heterocycles. The minimum Gasteiger partial charge on any atom is -0.340 e. The molecule has 0 aromatic carbocycles. The highest BCUT2D eigenvalue weighted by Crippen LogP contribution is 2.25. The Kier molecular flexibility index (Phi) is 1.38. The molecule has 1 aliphatic rings. The summed E-state index contributed by atoms with van der Waals surface area (Å²) in [5, 5.41) is 14.5. The van der Waals surface area contributed by atoms with E-state index in [1.165, 1.54) is 0 Å². The Hall–Kier alpha value is -1.85. The van der Waals surface area contributed by atoms with E-state index in [1.54, 1.807) is 0 Å². The van der Waals surface area contributed by atoms with Crippen LogP contribution in [0.1, 0.15) is 28.9 Å². The zero-order valence-corrected chi connectivity index (χ0v) is 7.32. The summed E-state index contributed by atoms with van der Waals surface area (Å²) < 4.78 is 0. The Morgan fingerprint density at radius 2 is 2.00 bits per heavy atom. The third kappa shape index (κ3) is 0.876. The Balaban J connectivity index is 2.39. The molecule has 6 nitrogen and oxygen atoms in total. The zero-order valence-electron chi connectivity index (χ0n) is 7.32. The number of carbonyl (C=O) groups is 1. The van der Waals surface area contributed by atoms with E-state index in [-0.39, 0.29) is 5.78 Å². The van der Waals surface area contributed by atoms with Crippen LogP contribution in [0, 0.1) is 0 Å². The molecular weight excluding hydrogens is 182 g/mol. The first-order chi connectivity index (χ1) is 6.86. The van der Waals surface area contributed by atoms with Crippen molar-refractivity contribution in [3.8, 4) is 0 Å². The lowest BCUT2D eigenvalue weighted by Crippen LogP contribution is -2.09. The Labute approximate surface area is 78.7 Å². The van der Waals surface area contributed by atoms with Gasteiger partial charge in [0, 0.05) is 12.1 Å². The summed E-state index contributed by atoms with van der Waals surface area (Å²) in [7, 11) is 0. The van der Waals surface area contributed by atoms with Crippen LogP contribution in [0.3, 0.4) is 0 Å². The molecular formula is C8H7N5O. The van der Waals surface area contributed by atoms with Gasteiger partial charge in [-0.3, -0.25) is 4.79 Å². The Morgan fingerprint density at radius 3 is 2.93 bits per heavy atom. The van der Waals surface area contributed by atoms with Crippen molar-refractivity contribution in [3.63, 3.8) is 0 Å². The third-order valence-electron chi connectivity index (χ3n) is 2.47. The number of nitrogens with one attached hydrogen (secondary N) is 1. The van der Waals surface area contributed by atoms with Crippen molar-refractivity contribution in [1.29, 1.82) is 0 Å². The van der Waals surface area contributed by atoms with E-state index in [1.807, 2.05) is 0 Å². The first-order valence-electron chi connectivity index (χ1n) is 4.46. The minimum atomic E-state index is 0.125. The summed E-state index contributed by atoms with van der Waals surface area (Å²) >= 11 is 0. The number of aromatic nitrogens is 5. The first-order valence-corrected chi connectivity index (χ1v) is 4.46. The second-order valence-electron chi connectivity index (χ2n) is 3.33. The standard InChI is InChI=1S/C8H7N5O/c14-5-3-1-2-4-6(5)7-8(9-4)11-13-12-10-7/h1-3H2,(H,9,11,12). The highest BCUT2D eigenvalue weighted by molar-refractivity contribution is 6.07. The lowest BCUT2D eigenvalue weighted by Gasteiger charge is -2.08. The average Bonchev–Trinajstić information content (AvgIpc) is 2.57. The van der Waals surface area contributed by atoms with Crippen molar-refractivity contribution in [1.82, 2.24) is 25.6 Å². The summed E-state index contributed by atoms with van der Waals surface area (Å²) in [6.07, 6.45) is 2.35. The van der Waals surface area contributed by atoms with E-state index in [0.717, 1.165) is 18.5 Å². The van der Waals surface area contributed by atoms with Crippen LogP contribution in [0.15, 0.2) is 0 Å². The number of fused-ring (bicyclic) bond motifs is 3. The summed E-state index contributed by atoms with van der Waals surface area (Å²) in [6.45, 7) is 0. The summed E-state index contributed by atoms with van der Waals surface area (Å²) in [6, 6.07) is 0. The van der Waals surface area contributed by atoms with Crippen LogP contribution >= 0.6 is 0 Å². The van der Waals surface area contributed by atoms with Crippen LogP contribution in [0.25, 0.3) is 11.2 Å². The van der Waals surface area contributed by atoms with Gasteiger partial charge in [0.25, 0.3) is 0 Å². The summed E-state index contributed by atoms with van der Waals surface area (Å²) in [5.74, 6) is 0.125. The first kappa shape index (κ1) is 7.54. The molecule has 0 aliphatic heterocycles. The number of ketones is 1. The van der Waals surface area contributed by atoms with Crippen LogP contribution < -0.4 is 0 Å². The number of aryl methyl sites for hydroxylation is 1. The quantitative estimate of drug-likeness (QED) is 0.642. The third-order valence-corrected chi connectivity index (χ3v) is 2.47. The molecule has 70 valence electrons. The van der Waals surface area contributed by atoms with Crippen LogP contribution in [0.2, 0.25) is 0 Å². The van der Waals surface area contributed by atoms with Crippen molar-refractivity contribution in [2.45, 2.75) is 19.3 Å². The maximum atomic E-state index is 11.6. The minimum absolute atomic E-state index is 0.125. The fraction of sp³-hybridized carbons (Fsp3) is 0.375. The molecule has 1 aliphatic carbocycles. The molecule has 3 rings (SSSR count). The molecule has 0 bridgehead atoms. The second-order valence-corrected chi connectivity index (χ2v) is 3.33. The highest BCUT2D eigenvalue weighted by Gasteiger charge is 2.23. The molecule has 0 radical (unpaired) electrons. The predicted molar refractivity (Wildman–Crippen MR) is 46.7 cm³/mol. The van der Waals surface area contributed by atoms with E-state index in [9.17, 15) is 4.79 Å². The van der Waals surface area contributed by atoms with Gasteiger partial charge in [-0.25, -0.2) is 0 Å². The van der Waals surface area contributed by atoms with Gasteiger partial charge in [0.2, 0.25) is 0 Å². The summed E-state index contributed by atoms with van der Waals surface area (Å²) in [5.41, 5.74) is 2.69. The number of aromatic amines is 1. The van der Waals surface area contributed by atoms with E-state index in [0.29, 0.717) is 23.1 Å². The predicted octanol–water partition coefficient (Wildman–Crippen LogP) is 0.267. The molecule has 14 heavy (non-hydrogen) atoms. The Bertz CT molecular complexity index is 517. The maximum Gasteiger partial charge on any atom is 0.183 e. The van der Waals surface area contributed by atoms with Gasteiger partial charge in [-0.2, -0.15) is 0 Å². The maximum absolute atomic E-state index is 11.6. The SMILES string of the molecule is O=C1CCCc2[nH]c3nnnnc3c21. The van der Waals surface area contributed by atoms with Crippen LogP contribution in [0.5, 0.6) is 0 Å². The zero-order chi connectivity index (χ0) is 9.54. The molecule has 0 unspecified atom stereocenters. The van der Waals surface area contributed by atoms with Crippen LogP contribution in [0.4, 0.5) is 0 Å². The molecule has 0 saturated heterocycles. The molecule has 6 heteroatoms. The molecule has 0 spiro atoms. The van der Waals surface area contributed by atoms with Gasteiger partial charge in [0.1, 0.15) is 5.52 Å². The van der Waals surface area contributed by atoms with Gasteiger partial charge in [-0.1, -0.05) is 0 Å². The fourth-order valence-corrected chi connectivity index (χ4v) is 1.86. The van der Waals surface area contributed by atoms with E-state index in [4.69, 9.17) is 0 Å². The van der Waals surface area contributed by atoms with Crippen molar-refractivity contribution in [2.75, 3.05) is 0 Å². The van der Waals surface area contributed by atoms with Crippen LogP contribution in [-0.4, -0.2) is 31.4 Å². The van der Waals surface area contributed by atoms with Crippen molar-refractivity contribution in [3.05, 3.63) is 11.3 Å². The van der Waals surface area contributed by atoms with Gasteiger partial charge in [0.15, 0.2) is 11.4 Å². The highest BCUT2D eigenvalue weighted by atomic mass is 16.1. The fourth-order valence-electron chi connectivity index (χ4n) is 1.86. The monoisotopic (exact) mass is 189 g/mol. The van der Waals surface area contributed by atoms with Gasteiger partial charge in [-0.05, 0) is 23.3 Å². The smallest absolute Gasteiger partial charge is 0.183 e. The largest absolute Gasteiger partial charge is 0.340 e. The van der Waals surface area contributed by atoms with Crippen molar-refractivity contribution in [2.24, 2.45) is 0 Å². The topological polar surface area (TPSA) is 84.4 Å². The molecule has 0 amide bonds. The van der Waals surface area contributed by atoms with Crippen molar-refractivity contribution >= 4 is 16.9 Å². The molecule has 0 atom stereocenters. The average molecular weight is 189 g/mol. The molecule has 2 aromatic rings. The van der Waals surface area contributed by atoms with Crippen molar-refractivity contribution < 1.29 is 4.79 Å². The Morgan fingerprint density at radius 1 is 1.14 bits per heavy atom.